The Bertz CT molecular complexity index is 905. The molecule has 1 N–H and O–H groups in total. The highest BCUT2D eigenvalue weighted by atomic mass is 32.2. The molecule has 0 saturated carbocycles. The van der Waals surface area contributed by atoms with Gasteiger partial charge in [0.05, 0.1) is 29.3 Å². The third kappa shape index (κ3) is 4.39. The zero-order chi connectivity index (χ0) is 19.6. The summed E-state index contributed by atoms with van der Waals surface area (Å²) in [6.45, 7) is 4.71. The summed E-state index contributed by atoms with van der Waals surface area (Å²) in [5.74, 6) is -0.204. The minimum absolute atomic E-state index is 0.00205. The summed E-state index contributed by atoms with van der Waals surface area (Å²) < 4.78 is 30.7. The molecule has 0 unspecified atom stereocenters. The molecule has 2 saturated heterocycles. The maximum absolute atomic E-state index is 12.3. The van der Waals surface area contributed by atoms with Crippen molar-refractivity contribution in [2.24, 2.45) is 0 Å². The van der Waals surface area contributed by atoms with Crippen molar-refractivity contribution in [3.05, 3.63) is 22.5 Å². The lowest BCUT2D eigenvalue weighted by molar-refractivity contribution is -0.117. The molecule has 27 heavy (non-hydrogen) atoms. The summed E-state index contributed by atoms with van der Waals surface area (Å²) >= 11 is 0. The number of ether oxygens (including phenoxy) is 1. The van der Waals surface area contributed by atoms with Crippen LogP contribution in [0.25, 0.3) is 6.08 Å². The van der Waals surface area contributed by atoms with E-state index in [1.54, 1.807) is 11.6 Å². The van der Waals surface area contributed by atoms with Gasteiger partial charge in [0.2, 0.25) is 0 Å². The molecule has 1 amide bonds. The average molecular weight is 392 g/mol. The summed E-state index contributed by atoms with van der Waals surface area (Å²) in [5, 5.41) is 16.6. The van der Waals surface area contributed by atoms with Crippen molar-refractivity contribution in [3.8, 4) is 6.07 Å². The van der Waals surface area contributed by atoms with E-state index < -0.39 is 15.7 Å². The van der Waals surface area contributed by atoms with E-state index >= 15 is 0 Å². The lowest BCUT2D eigenvalue weighted by Gasteiger charge is -2.11. The predicted octanol–water partition coefficient (Wildman–Crippen LogP) is 1.06. The molecule has 0 bridgehead atoms. The molecule has 0 aliphatic carbocycles. The molecule has 146 valence electrons. The second-order valence-corrected chi connectivity index (χ2v) is 9.33. The minimum atomic E-state index is -3.03. The number of aromatic nitrogens is 2. The van der Waals surface area contributed by atoms with Crippen LogP contribution in [0.2, 0.25) is 0 Å². The van der Waals surface area contributed by atoms with E-state index in [2.05, 4.69) is 10.4 Å². The number of sulfone groups is 1. The van der Waals surface area contributed by atoms with Gasteiger partial charge in [-0.3, -0.25) is 9.48 Å². The van der Waals surface area contributed by atoms with Crippen LogP contribution in [0, 0.1) is 25.2 Å². The molecule has 2 aliphatic rings. The normalized spacial score (nSPS) is 24.7. The standard InChI is InChI=1S/C18H24N4O4S/c1-12-17(13(2)22(21-12)15-5-7-27(24,25)11-15)8-14(9-19)18(23)20-10-16-4-3-6-26-16/h8,15-16H,3-7,10-11H2,1-2H3,(H,20,23)/b14-8+/t15-,16+/m0/s1. The van der Waals surface area contributed by atoms with Crippen LogP contribution >= 0.6 is 0 Å². The molecule has 0 spiro atoms. The van der Waals surface area contributed by atoms with Gasteiger partial charge in [0.15, 0.2) is 9.84 Å². The van der Waals surface area contributed by atoms with Crippen LogP contribution in [0.15, 0.2) is 5.57 Å². The average Bonchev–Trinajstić information content (AvgIpc) is 3.32. The van der Waals surface area contributed by atoms with E-state index in [0.29, 0.717) is 30.8 Å². The Morgan fingerprint density at radius 1 is 1.44 bits per heavy atom. The van der Waals surface area contributed by atoms with Crippen LogP contribution in [-0.4, -0.2) is 54.9 Å². The molecule has 3 heterocycles. The first-order valence-corrected chi connectivity index (χ1v) is 10.9. The topological polar surface area (TPSA) is 114 Å². The maximum atomic E-state index is 12.3. The fraction of sp³-hybridized carbons (Fsp3) is 0.611. The monoisotopic (exact) mass is 392 g/mol. The van der Waals surface area contributed by atoms with Crippen LogP contribution in [0.3, 0.4) is 0 Å². The maximum Gasteiger partial charge on any atom is 0.262 e. The molecule has 0 radical (unpaired) electrons. The second kappa shape index (κ2) is 7.82. The number of amides is 1. The fourth-order valence-corrected chi connectivity index (χ4v) is 5.30. The van der Waals surface area contributed by atoms with Crippen molar-refractivity contribution >= 4 is 21.8 Å². The van der Waals surface area contributed by atoms with Gasteiger partial charge in [0.25, 0.3) is 5.91 Å². The van der Waals surface area contributed by atoms with Gasteiger partial charge in [-0.05, 0) is 39.2 Å². The predicted molar refractivity (Wildman–Crippen MR) is 99.6 cm³/mol. The largest absolute Gasteiger partial charge is 0.376 e. The van der Waals surface area contributed by atoms with Gasteiger partial charge in [0.1, 0.15) is 11.6 Å². The Hall–Kier alpha value is -2.18. The SMILES string of the molecule is Cc1nn([C@H]2CCS(=O)(=O)C2)c(C)c1/C=C(\C#N)C(=O)NC[C@H]1CCCO1. The van der Waals surface area contributed by atoms with Crippen molar-refractivity contribution in [3.63, 3.8) is 0 Å². The highest BCUT2D eigenvalue weighted by Crippen LogP contribution is 2.27. The quantitative estimate of drug-likeness (QED) is 0.592. The highest BCUT2D eigenvalue weighted by Gasteiger charge is 2.31. The Kier molecular flexibility index (Phi) is 5.67. The molecule has 0 aromatic carbocycles. The van der Waals surface area contributed by atoms with Gasteiger partial charge in [-0.1, -0.05) is 0 Å². The van der Waals surface area contributed by atoms with Crippen molar-refractivity contribution in [1.29, 1.82) is 5.26 Å². The number of nitriles is 1. The van der Waals surface area contributed by atoms with Crippen molar-refractivity contribution in [2.45, 2.75) is 45.3 Å². The lowest BCUT2D eigenvalue weighted by atomic mass is 10.1. The summed E-state index contributed by atoms with van der Waals surface area (Å²) in [7, 11) is -3.03. The van der Waals surface area contributed by atoms with Crippen LogP contribution < -0.4 is 5.32 Å². The molecule has 8 nitrogen and oxygen atoms in total. The number of rotatable bonds is 5. The second-order valence-electron chi connectivity index (χ2n) is 7.10. The molecule has 2 fully saturated rings. The van der Waals surface area contributed by atoms with Crippen LogP contribution in [0.5, 0.6) is 0 Å². The zero-order valence-corrected chi connectivity index (χ0v) is 16.4. The van der Waals surface area contributed by atoms with Crippen molar-refractivity contribution in [1.82, 2.24) is 15.1 Å². The number of carbonyl (C=O) groups excluding carboxylic acids is 1. The number of hydrogen-bond acceptors (Lipinski definition) is 6. The first-order chi connectivity index (χ1) is 12.8. The number of nitrogens with one attached hydrogen (secondary N) is 1. The van der Waals surface area contributed by atoms with E-state index in [1.807, 2.05) is 13.0 Å². The Morgan fingerprint density at radius 3 is 2.81 bits per heavy atom. The summed E-state index contributed by atoms with van der Waals surface area (Å²) in [6, 6.07) is 1.75. The number of nitrogens with zero attached hydrogens (tertiary/aromatic N) is 3. The smallest absolute Gasteiger partial charge is 0.262 e. The summed E-state index contributed by atoms with van der Waals surface area (Å²) in [6.07, 6.45) is 3.95. The highest BCUT2D eigenvalue weighted by molar-refractivity contribution is 7.91. The van der Waals surface area contributed by atoms with Crippen LogP contribution in [0.1, 0.15) is 42.3 Å². The van der Waals surface area contributed by atoms with Crippen LogP contribution in [-0.2, 0) is 19.4 Å². The molecule has 2 atom stereocenters. The van der Waals surface area contributed by atoms with E-state index in [4.69, 9.17) is 4.74 Å². The third-order valence-corrected chi connectivity index (χ3v) is 6.85. The Morgan fingerprint density at radius 2 is 2.22 bits per heavy atom. The first kappa shape index (κ1) is 19.6. The minimum Gasteiger partial charge on any atom is -0.376 e. The Labute approximate surface area is 159 Å². The van der Waals surface area contributed by atoms with Gasteiger partial charge >= 0.3 is 0 Å². The lowest BCUT2D eigenvalue weighted by Crippen LogP contribution is -2.32. The molecule has 3 rings (SSSR count). The van der Waals surface area contributed by atoms with E-state index in [9.17, 15) is 18.5 Å². The molecular weight excluding hydrogens is 368 g/mol. The van der Waals surface area contributed by atoms with E-state index in [0.717, 1.165) is 18.5 Å². The van der Waals surface area contributed by atoms with Crippen LogP contribution in [0.4, 0.5) is 0 Å². The number of aryl methyl sites for hydroxylation is 1. The fourth-order valence-electron chi connectivity index (χ4n) is 3.61. The number of hydrogen-bond donors (Lipinski definition) is 1. The van der Waals surface area contributed by atoms with E-state index in [1.165, 1.54) is 6.08 Å². The van der Waals surface area contributed by atoms with Gasteiger partial charge in [-0.15, -0.1) is 0 Å². The molecule has 2 aliphatic heterocycles. The first-order valence-electron chi connectivity index (χ1n) is 9.08. The molecular formula is C18H24N4O4S. The molecule has 1 aromatic rings. The summed E-state index contributed by atoms with van der Waals surface area (Å²) in [4.78, 5) is 12.3. The van der Waals surface area contributed by atoms with Gasteiger partial charge in [0, 0.05) is 24.4 Å². The van der Waals surface area contributed by atoms with Gasteiger partial charge in [-0.2, -0.15) is 10.4 Å². The zero-order valence-electron chi connectivity index (χ0n) is 15.6. The van der Waals surface area contributed by atoms with Gasteiger partial charge in [-0.25, -0.2) is 8.42 Å². The van der Waals surface area contributed by atoms with Gasteiger partial charge < -0.3 is 10.1 Å². The number of carbonyl (C=O) groups is 1. The van der Waals surface area contributed by atoms with E-state index in [-0.39, 0.29) is 29.2 Å². The molecule has 9 heteroatoms. The van der Waals surface area contributed by atoms with Crippen molar-refractivity contribution < 1.29 is 17.9 Å². The third-order valence-electron chi connectivity index (χ3n) is 5.10. The van der Waals surface area contributed by atoms with Crippen molar-refractivity contribution in [2.75, 3.05) is 24.7 Å². The Balaban J connectivity index is 1.78. The molecule has 1 aromatic heterocycles. The summed E-state index contributed by atoms with van der Waals surface area (Å²) in [5.41, 5.74) is 2.10.